The zero-order chi connectivity index (χ0) is 13.2. The Hall–Kier alpha value is -1.23. The molecule has 0 saturated carbocycles. The second-order valence-electron chi connectivity index (χ2n) is 3.85. The fourth-order valence-electron chi connectivity index (χ4n) is 1.77. The Morgan fingerprint density at radius 2 is 1.82 bits per heavy atom. The lowest BCUT2D eigenvalue weighted by Gasteiger charge is -2.18. The van der Waals surface area contributed by atoms with E-state index >= 15 is 0 Å². The maximum Gasteiger partial charge on any atom is 0.336 e. The van der Waals surface area contributed by atoms with Gasteiger partial charge in [0.25, 0.3) is 0 Å². The predicted molar refractivity (Wildman–Crippen MR) is 68.3 cm³/mol. The van der Waals surface area contributed by atoms with Gasteiger partial charge in [-0.2, -0.15) is 0 Å². The van der Waals surface area contributed by atoms with Crippen molar-refractivity contribution in [1.29, 1.82) is 0 Å². The van der Waals surface area contributed by atoms with Crippen molar-refractivity contribution in [2.45, 2.75) is 19.8 Å². The molecule has 0 amide bonds. The fraction of sp³-hybridized carbons (Fsp3) is 0.417. The molecule has 0 aliphatic rings. The quantitative estimate of drug-likeness (QED) is 0.927. The van der Waals surface area contributed by atoms with Crippen LogP contribution in [0.1, 0.15) is 35.7 Å². The second kappa shape index (κ2) is 5.40. The molecule has 0 bridgehead atoms. The third kappa shape index (κ3) is 2.54. The van der Waals surface area contributed by atoms with Gasteiger partial charge in [-0.3, -0.25) is 0 Å². The van der Waals surface area contributed by atoms with E-state index in [1.54, 1.807) is 6.07 Å². The van der Waals surface area contributed by atoms with Crippen LogP contribution in [-0.4, -0.2) is 25.3 Å². The first kappa shape index (κ1) is 13.8. The highest BCUT2D eigenvalue weighted by molar-refractivity contribution is 9.10. The van der Waals surface area contributed by atoms with Crippen molar-refractivity contribution >= 4 is 21.9 Å². The van der Waals surface area contributed by atoms with Gasteiger partial charge in [0.05, 0.1) is 24.3 Å². The van der Waals surface area contributed by atoms with E-state index in [4.69, 9.17) is 9.47 Å². The Bertz CT molecular complexity index is 441. The van der Waals surface area contributed by atoms with Crippen molar-refractivity contribution in [3.63, 3.8) is 0 Å². The molecule has 0 aliphatic carbocycles. The largest absolute Gasteiger partial charge is 0.492 e. The molecule has 0 spiro atoms. The first-order chi connectivity index (χ1) is 7.93. The summed E-state index contributed by atoms with van der Waals surface area (Å²) in [4.78, 5) is 11.2. The van der Waals surface area contributed by atoms with Crippen LogP contribution >= 0.6 is 15.9 Å². The molecule has 0 aromatic heterocycles. The van der Waals surface area contributed by atoms with E-state index in [-0.39, 0.29) is 11.5 Å². The molecule has 4 nitrogen and oxygen atoms in total. The van der Waals surface area contributed by atoms with Crippen LogP contribution in [0.4, 0.5) is 0 Å². The van der Waals surface area contributed by atoms with Crippen molar-refractivity contribution in [2.24, 2.45) is 0 Å². The lowest BCUT2D eigenvalue weighted by atomic mass is 9.95. The molecule has 1 aromatic rings. The number of carbonyl (C=O) groups is 1. The number of methoxy groups -OCH3 is 2. The molecule has 1 rings (SSSR count). The molecule has 0 fully saturated rings. The summed E-state index contributed by atoms with van der Waals surface area (Å²) >= 11 is 3.28. The van der Waals surface area contributed by atoms with Crippen molar-refractivity contribution in [1.82, 2.24) is 0 Å². The molecule has 5 heteroatoms. The Kier molecular flexibility index (Phi) is 4.40. The van der Waals surface area contributed by atoms with E-state index in [9.17, 15) is 9.90 Å². The number of carboxylic acids is 1. The molecular formula is C12H15BrO4. The number of carboxylic acid groups (broad SMARTS) is 1. The number of rotatable bonds is 4. The van der Waals surface area contributed by atoms with Gasteiger partial charge in [-0.25, -0.2) is 4.79 Å². The number of hydrogen-bond acceptors (Lipinski definition) is 3. The number of ether oxygens (including phenoxy) is 2. The van der Waals surface area contributed by atoms with Crippen molar-refractivity contribution in [3.8, 4) is 11.5 Å². The second-order valence-corrected chi connectivity index (χ2v) is 4.70. The van der Waals surface area contributed by atoms with Crippen molar-refractivity contribution in [3.05, 3.63) is 21.7 Å². The van der Waals surface area contributed by atoms with Crippen molar-refractivity contribution in [2.75, 3.05) is 14.2 Å². The van der Waals surface area contributed by atoms with Gasteiger partial charge >= 0.3 is 5.97 Å². The normalized spacial score (nSPS) is 10.5. The average molecular weight is 303 g/mol. The Morgan fingerprint density at radius 1 is 1.29 bits per heavy atom. The number of aromatic carboxylic acids is 1. The predicted octanol–water partition coefficient (Wildman–Crippen LogP) is 3.29. The summed E-state index contributed by atoms with van der Waals surface area (Å²) in [5.74, 6) is 0.0314. The van der Waals surface area contributed by atoms with E-state index < -0.39 is 5.97 Å². The molecule has 0 saturated heterocycles. The van der Waals surface area contributed by atoms with Crippen LogP contribution in [0.5, 0.6) is 11.5 Å². The third-order valence-corrected chi connectivity index (χ3v) is 3.03. The van der Waals surface area contributed by atoms with E-state index in [1.807, 2.05) is 13.8 Å². The molecule has 1 N–H and O–H groups in total. The number of hydrogen-bond donors (Lipinski definition) is 1. The van der Waals surface area contributed by atoms with E-state index in [1.165, 1.54) is 14.2 Å². The molecule has 1 aromatic carbocycles. The molecule has 0 heterocycles. The summed E-state index contributed by atoms with van der Waals surface area (Å²) in [6, 6.07) is 1.54. The Labute approximate surface area is 109 Å². The van der Waals surface area contributed by atoms with Crippen LogP contribution in [0.25, 0.3) is 0 Å². The molecule has 17 heavy (non-hydrogen) atoms. The van der Waals surface area contributed by atoms with Gasteiger partial charge in [0.2, 0.25) is 0 Å². The Balaban J connectivity index is 3.65. The highest BCUT2D eigenvalue weighted by Gasteiger charge is 2.24. The van der Waals surface area contributed by atoms with Gasteiger partial charge in [0.1, 0.15) is 0 Å². The zero-order valence-electron chi connectivity index (χ0n) is 10.2. The van der Waals surface area contributed by atoms with Gasteiger partial charge < -0.3 is 14.6 Å². The maximum absolute atomic E-state index is 11.2. The van der Waals surface area contributed by atoms with Gasteiger partial charge in [0, 0.05) is 5.56 Å². The molecule has 0 aliphatic heterocycles. The summed E-state index contributed by atoms with van der Waals surface area (Å²) < 4.78 is 11.1. The lowest BCUT2D eigenvalue weighted by molar-refractivity contribution is 0.0694. The summed E-state index contributed by atoms with van der Waals surface area (Å²) in [7, 11) is 3.02. The first-order valence-electron chi connectivity index (χ1n) is 5.11. The van der Waals surface area contributed by atoms with E-state index in [0.29, 0.717) is 21.5 Å². The Morgan fingerprint density at radius 3 is 2.18 bits per heavy atom. The fourth-order valence-corrected chi connectivity index (χ4v) is 2.34. The van der Waals surface area contributed by atoms with Crippen LogP contribution in [0, 0.1) is 0 Å². The van der Waals surface area contributed by atoms with Crippen LogP contribution in [-0.2, 0) is 0 Å². The topological polar surface area (TPSA) is 55.8 Å². The molecule has 0 unspecified atom stereocenters. The number of halogens is 1. The number of benzene rings is 1. The lowest BCUT2D eigenvalue weighted by Crippen LogP contribution is -2.08. The monoisotopic (exact) mass is 302 g/mol. The minimum Gasteiger partial charge on any atom is -0.492 e. The highest BCUT2D eigenvalue weighted by Crippen LogP contribution is 2.43. The zero-order valence-corrected chi connectivity index (χ0v) is 11.8. The third-order valence-electron chi connectivity index (χ3n) is 2.45. The average Bonchev–Trinajstić information content (AvgIpc) is 2.26. The van der Waals surface area contributed by atoms with E-state index in [2.05, 4.69) is 15.9 Å². The molecule has 0 atom stereocenters. The van der Waals surface area contributed by atoms with Gasteiger partial charge in [-0.1, -0.05) is 13.8 Å². The summed E-state index contributed by atoms with van der Waals surface area (Å²) in [6.07, 6.45) is 0. The SMILES string of the molecule is COc1c(Br)cc(C(=O)O)c(C(C)C)c1OC. The summed E-state index contributed by atoms with van der Waals surface area (Å²) in [5.41, 5.74) is 0.865. The highest BCUT2D eigenvalue weighted by atomic mass is 79.9. The van der Waals surface area contributed by atoms with Crippen LogP contribution in [0.3, 0.4) is 0 Å². The van der Waals surface area contributed by atoms with Gasteiger partial charge in [0.15, 0.2) is 11.5 Å². The first-order valence-corrected chi connectivity index (χ1v) is 5.91. The van der Waals surface area contributed by atoms with Gasteiger partial charge in [-0.15, -0.1) is 0 Å². The smallest absolute Gasteiger partial charge is 0.336 e. The minimum absolute atomic E-state index is 0.0260. The minimum atomic E-state index is -0.977. The van der Waals surface area contributed by atoms with Crippen LogP contribution in [0.15, 0.2) is 10.5 Å². The van der Waals surface area contributed by atoms with Crippen molar-refractivity contribution < 1.29 is 19.4 Å². The van der Waals surface area contributed by atoms with E-state index in [0.717, 1.165) is 0 Å². The molecular weight excluding hydrogens is 288 g/mol. The standard InChI is InChI=1S/C12H15BrO4/c1-6(2)9-7(12(14)15)5-8(13)10(16-3)11(9)17-4/h5-6H,1-4H3,(H,14,15). The van der Waals surface area contributed by atoms with Gasteiger partial charge in [-0.05, 0) is 27.9 Å². The summed E-state index contributed by atoms with van der Waals surface area (Å²) in [6.45, 7) is 3.83. The van der Waals surface area contributed by atoms with Crippen LogP contribution in [0.2, 0.25) is 0 Å². The maximum atomic E-state index is 11.2. The molecule has 94 valence electrons. The molecule has 0 radical (unpaired) electrons. The van der Waals surface area contributed by atoms with Crippen LogP contribution < -0.4 is 9.47 Å². The summed E-state index contributed by atoms with van der Waals surface area (Å²) in [5, 5.41) is 9.21.